The van der Waals surface area contributed by atoms with Gasteiger partial charge in [-0.3, -0.25) is 9.36 Å². The van der Waals surface area contributed by atoms with E-state index in [1.54, 1.807) is 24.3 Å². The first kappa shape index (κ1) is 24.0. The minimum absolute atomic E-state index is 0.190. The highest BCUT2D eigenvalue weighted by molar-refractivity contribution is 7.99. The lowest BCUT2D eigenvalue weighted by atomic mass is 9.95. The van der Waals surface area contributed by atoms with Crippen molar-refractivity contribution >= 4 is 23.4 Å². The molecule has 1 heterocycles. The van der Waals surface area contributed by atoms with Crippen LogP contribution in [-0.2, 0) is 4.79 Å². The number of nitrogens with one attached hydrogen (secondary N) is 1. The topological polar surface area (TPSA) is 92.4 Å². The van der Waals surface area contributed by atoms with Crippen molar-refractivity contribution < 1.29 is 9.90 Å². The largest absolute Gasteiger partial charge is 0.508 e. The summed E-state index contributed by atoms with van der Waals surface area (Å²) in [6.07, 6.45) is 6.54. The predicted octanol–water partition coefficient (Wildman–Crippen LogP) is 5.49. The average Bonchev–Trinajstić information content (AvgIpc) is 3.29. The van der Waals surface area contributed by atoms with Gasteiger partial charge in [0.1, 0.15) is 5.75 Å². The molecule has 0 atom stereocenters. The second kappa shape index (κ2) is 11.3. The molecule has 1 aliphatic rings. The van der Waals surface area contributed by atoms with E-state index in [4.69, 9.17) is 0 Å². The van der Waals surface area contributed by atoms with Gasteiger partial charge in [-0.15, -0.1) is 10.2 Å². The van der Waals surface area contributed by atoms with Crippen molar-refractivity contribution in [2.75, 3.05) is 5.75 Å². The van der Waals surface area contributed by atoms with Gasteiger partial charge in [-0.05, 0) is 56.0 Å². The molecule has 0 radical (unpaired) electrons. The molecule has 2 N–H and O–H groups in total. The summed E-state index contributed by atoms with van der Waals surface area (Å²) in [5, 5.41) is 23.5. The van der Waals surface area contributed by atoms with Crippen LogP contribution in [0.3, 0.4) is 0 Å². The number of hydrogen-bond acceptors (Lipinski definition) is 6. The molecule has 0 spiro atoms. The second-order valence-corrected chi connectivity index (χ2v) is 9.56. The molecule has 0 aliphatic heterocycles. The van der Waals surface area contributed by atoms with Crippen LogP contribution in [0.1, 0.15) is 62.6 Å². The zero-order chi connectivity index (χ0) is 23.9. The van der Waals surface area contributed by atoms with Crippen LogP contribution in [0.4, 0.5) is 0 Å². The van der Waals surface area contributed by atoms with Crippen LogP contribution in [0.25, 0.3) is 11.4 Å². The fraction of sp³-hybridized carbons (Fsp3) is 0.385. The maximum absolute atomic E-state index is 12.6. The molecule has 4 rings (SSSR count). The Morgan fingerprint density at radius 1 is 1.09 bits per heavy atom. The number of carbonyl (C=O) groups is 1. The van der Waals surface area contributed by atoms with Gasteiger partial charge in [0.2, 0.25) is 0 Å². The van der Waals surface area contributed by atoms with E-state index in [1.807, 2.05) is 6.92 Å². The van der Waals surface area contributed by atoms with E-state index in [2.05, 4.69) is 56.5 Å². The zero-order valence-electron chi connectivity index (χ0n) is 19.7. The number of rotatable bonds is 8. The monoisotopic (exact) mass is 477 g/mol. The van der Waals surface area contributed by atoms with Crippen molar-refractivity contribution in [2.24, 2.45) is 5.10 Å². The van der Waals surface area contributed by atoms with Crippen LogP contribution in [0.15, 0.2) is 58.8 Å². The Morgan fingerprint density at radius 3 is 2.47 bits per heavy atom. The summed E-state index contributed by atoms with van der Waals surface area (Å²) in [7, 11) is 0. The molecule has 1 amide bonds. The van der Waals surface area contributed by atoms with E-state index in [9.17, 15) is 9.90 Å². The number of nitrogens with zero attached hydrogens (tertiary/aromatic N) is 4. The number of aromatic nitrogens is 3. The van der Waals surface area contributed by atoms with Crippen molar-refractivity contribution in [3.8, 4) is 17.1 Å². The van der Waals surface area contributed by atoms with E-state index < -0.39 is 0 Å². The molecular formula is C26H31N5O2S. The van der Waals surface area contributed by atoms with Crippen molar-refractivity contribution in [3.63, 3.8) is 0 Å². The number of aromatic hydroxyl groups is 1. The molecule has 1 aliphatic carbocycles. The quantitative estimate of drug-likeness (QED) is 0.254. The third-order valence-electron chi connectivity index (χ3n) is 6.10. The molecule has 7 nitrogen and oxygen atoms in total. The number of hydrazone groups is 1. The number of carbonyl (C=O) groups excluding carboxylic acids is 1. The number of phenols is 1. The van der Waals surface area contributed by atoms with Gasteiger partial charge in [0, 0.05) is 11.6 Å². The molecule has 0 unspecified atom stereocenters. The van der Waals surface area contributed by atoms with E-state index in [0.29, 0.717) is 12.5 Å². The highest BCUT2D eigenvalue weighted by atomic mass is 32.2. The van der Waals surface area contributed by atoms with E-state index >= 15 is 0 Å². The van der Waals surface area contributed by atoms with E-state index in [1.165, 1.54) is 36.6 Å². The van der Waals surface area contributed by atoms with Gasteiger partial charge in [-0.2, -0.15) is 5.10 Å². The first-order valence-corrected chi connectivity index (χ1v) is 12.8. The normalized spacial score (nSPS) is 14.8. The molecule has 1 fully saturated rings. The molecule has 0 saturated heterocycles. The molecule has 1 aromatic heterocycles. The van der Waals surface area contributed by atoms with E-state index in [0.717, 1.165) is 40.7 Å². The summed E-state index contributed by atoms with van der Waals surface area (Å²) in [4.78, 5) is 12.6. The number of benzene rings is 2. The lowest BCUT2D eigenvalue weighted by Crippen LogP contribution is -2.22. The van der Waals surface area contributed by atoms with Crippen molar-refractivity contribution in [1.29, 1.82) is 0 Å². The van der Waals surface area contributed by atoms with Gasteiger partial charge in [0.25, 0.3) is 5.91 Å². The minimum Gasteiger partial charge on any atom is -0.508 e. The van der Waals surface area contributed by atoms with Gasteiger partial charge in [0.15, 0.2) is 11.0 Å². The van der Waals surface area contributed by atoms with Gasteiger partial charge >= 0.3 is 0 Å². The fourth-order valence-corrected chi connectivity index (χ4v) is 5.03. The maximum Gasteiger partial charge on any atom is 0.250 e. The van der Waals surface area contributed by atoms with Gasteiger partial charge < -0.3 is 5.11 Å². The predicted molar refractivity (Wildman–Crippen MR) is 136 cm³/mol. The molecule has 8 heteroatoms. The molecular weight excluding hydrogens is 446 g/mol. The minimum atomic E-state index is -0.190. The zero-order valence-corrected chi connectivity index (χ0v) is 20.5. The summed E-state index contributed by atoms with van der Waals surface area (Å²) in [6.45, 7) is 4.05. The summed E-state index contributed by atoms with van der Waals surface area (Å²) in [6, 6.07) is 15.5. The van der Waals surface area contributed by atoms with Crippen LogP contribution < -0.4 is 5.43 Å². The van der Waals surface area contributed by atoms with Crippen molar-refractivity contribution in [1.82, 2.24) is 20.2 Å². The Morgan fingerprint density at radius 2 is 1.79 bits per heavy atom. The number of aryl methyl sites for hydroxylation is 1. The Balaban J connectivity index is 1.48. The third-order valence-corrected chi connectivity index (χ3v) is 7.04. The van der Waals surface area contributed by atoms with Gasteiger partial charge in [-0.25, -0.2) is 5.43 Å². The maximum atomic E-state index is 12.6. The molecule has 34 heavy (non-hydrogen) atoms. The summed E-state index contributed by atoms with van der Waals surface area (Å²) in [5.74, 6) is 1.08. The van der Waals surface area contributed by atoms with Crippen molar-refractivity contribution in [2.45, 2.75) is 63.6 Å². The van der Waals surface area contributed by atoms with E-state index in [-0.39, 0.29) is 17.4 Å². The number of phenolic OH excluding ortho intramolecular Hbond substituents is 1. The molecule has 3 aromatic rings. The fourth-order valence-electron chi connectivity index (χ4n) is 4.24. The van der Waals surface area contributed by atoms with Gasteiger partial charge in [-0.1, -0.05) is 67.8 Å². The van der Waals surface area contributed by atoms with Crippen LogP contribution in [0.5, 0.6) is 5.75 Å². The number of amides is 1. The first-order valence-electron chi connectivity index (χ1n) is 11.8. The molecule has 178 valence electrons. The second-order valence-electron chi connectivity index (χ2n) is 8.62. The SMILES string of the molecule is CC/C(=N\NC(=O)CSc1nnc(-c2ccc(C)cc2)n1C1CCCCC1)c1ccc(O)cc1. The van der Waals surface area contributed by atoms with Crippen LogP contribution in [0, 0.1) is 6.92 Å². The number of hydrogen-bond donors (Lipinski definition) is 2. The van der Waals surface area contributed by atoms with Crippen LogP contribution in [0.2, 0.25) is 0 Å². The van der Waals surface area contributed by atoms with Crippen molar-refractivity contribution in [3.05, 3.63) is 59.7 Å². The lowest BCUT2D eigenvalue weighted by Gasteiger charge is -2.25. The summed E-state index contributed by atoms with van der Waals surface area (Å²) in [5.41, 5.74) is 6.55. The Hall–Kier alpha value is -3.13. The van der Waals surface area contributed by atoms with Crippen LogP contribution in [-0.4, -0.2) is 37.2 Å². The first-order chi connectivity index (χ1) is 16.5. The highest BCUT2D eigenvalue weighted by Gasteiger charge is 2.24. The highest BCUT2D eigenvalue weighted by Crippen LogP contribution is 2.35. The Bertz CT molecular complexity index is 1130. The molecule has 2 aromatic carbocycles. The average molecular weight is 478 g/mol. The summed E-state index contributed by atoms with van der Waals surface area (Å²) >= 11 is 1.40. The molecule has 0 bridgehead atoms. The lowest BCUT2D eigenvalue weighted by molar-refractivity contribution is -0.118. The van der Waals surface area contributed by atoms with Gasteiger partial charge in [0.05, 0.1) is 11.5 Å². The van der Waals surface area contributed by atoms with Crippen LogP contribution >= 0.6 is 11.8 Å². The third kappa shape index (κ3) is 5.86. The molecule has 1 saturated carbocycles. The standard InChI is InChI=1S/C26H31N5O2S/c1-3-23(19-13-15-22(32)16-14-19)27-28-24(33)17-34-26-30-29-25(20-11-9-18(2)10-12-20)31(26)21-7-5-4-6-8-21/h9-16,21,32H,3-8,17H2,1-2H3,(H,28,33)/b27-23+. The Labute approximate surface area is 204 Å². The number of thioether (sulfide) groups is 1. The summed E-state index contributed by atoms with van der Waals surface area (Å²) < 4.78 is 2.24. The Kier molecular flexibility index (Phi) is 8.00. The smallest absolute Gasteiger partial charge is 0.250 e.